The van der Waals surface area contributed by atoms with Crippen molar-refractivity contribution in [1.82, 2.24) is 15.3 Å². The highest BCUT2D eigenvalue weighted by atomic mass is 19.1. The highest BCUT2D eigenvalue weighted by molar-refractivity contribution is 5.80. The number of H-pyrrole nitrogens is 1. The topological polar surface area (TPSA) is 57.8 Å². The third-order valence-corrected chi connectivity index (χ3v) is 3.88. The van der Waals surface area contributed by atoms with Gasteiger partial charge in [-0.3, -0.25) is 4.79 Å². The largest absolute Gasteiger partial charge is 0.349 e. The van der Waals surface area contributed by atoms with Crippen LogP contribution in [0.15, 0.2) is 36.4 Å². The zero-order chi connectivity index (χ0) is 16.4. The number of rotatable bonds is 4. The Labute approximate surface area is 133 Å². The van der Waals surface area contributed by atoms with Crippen molar-refractivity contribution in [2.45, 2.75) is 26.8 Å². The molecular formula is C18H18FN3O. The fraction of sp³-hybridized carbons (Fsp3) is 0.222. The SMILES string of the molecule is Cc1ccc(F)cc1CC(=O)NCc1nc2c(C)cccc2[nH]1. The Hall–Kier alpha value is -2.69. The predicted octanol–water partition coefficient (Wildman–Crippen LogP) is 3.18. The van der Waals surface area contributed by atoms with Crippen LogP contribution in [0.25, 0.3) is 11.0 Å². The van der Waals surface area contributed by atoms with Crippen LogP contribution in [-0.4, -0.2) is 15.9 Å². The summed E-state index contributed by atoms with van der Waals surface area (Å²) in [5, 5.41) is 2.82. The molecule has 0 aliphatic rings. The number of aryl methyl sites for hydroxylation is 2. The zero-order valence-corrected chi connectivity index (χ0v) is 13.1. The van der Waals surface area contributed by atoms with Crippen molar-refractivity contribution in [3.05, 3.63) is 64.7 Å². The van der Waals surface area contributed by atoms with Crippen LogP contribution < -0.4 is 5.32 Å². The van der Waals surface area contributed by atoms with E-state index in [1.54, 1.807) is 6.07 Å². The molecule has 1 aromatic heterocycles. The molecule has 5 heteroatoms. The van der Waals surface area contributed by atoms with Crippen LogP contribution in [0.5, 0.6) is 0 Å². The maximum Gasteiger partial charge on any atom is 0.224 e. The van der Waals surface area contributed by atoms with Gasteiger partial charge in [-0.15, -0.1) is 0 Å². The number of aromatic amines is 1. The van der Waals surface area contributed by atoms with Gasteiger partial charge in [0.2, 0.25) is 5.91 Å². The van der Waals surface area contributed by atoms with Gasteiger partial charge >= 0.3 is 0 Å². The lowest BCUT2D eigenvalue weighted by molar-refractivity contribution is -0.120. The first-order valence-corrected chi connectivity index (χ1v) is 7.49. The summed E-state index contributed by atoms with van der Waals surface area (Å²) in [6.45, 7) is 4.18. The number of hydrogen-bond acceptors (Lipinski definition) is 2. The summed E-state index contributed by atoms with van der Waals surface area (Å²) in [5.74, 6) is 0.223. The number of nitrogens with zero attached hydrogens (tertiary/aromatic N) is 1. The molecule has 0 aliphatic heterocycles. The second-order valence-corrected chi connectivity index (χ2v) is 5.68. The molecule has 0 spiro atoms. The van der Waals surface area contributed by atoms with E-state index in [9.17, 15) is 9.18 Å². The number of halogens is 1. The monoisotopic (exact) mass is 311 g/mol. The maximum absolute atomic E-state index is 13.3. The van der Waals surface area contributed by atoms with E-state index in [1.165, 1.54) is 12.1 Å². The molecule has 4 nitrogen and oxygen atoms in total. The van der Waals surface area contributed by atoms with Crippen LogP contribution in [0.4, 0.5) is 4.39 Å². The van der Waals surface area contributed by atoms with Gasteiger partial charge in [0.25, 0.3) is 0 Å². The third-order valence-electron chi connectivity index (χ3n) is 3.88. The lowest BCUT2D eigenvalue weighted by atomic mass is 10.1. The van der Waals surface area contributed by atoms with Crippen LogP contribution in [0, 0.1) is 19.7 Å². The quantitative estimate of drug-likeness (QED) is 0.777. The van der Waals surface area contributed by atoms with Gasteiger partial charge < -0.3 is 10.3 Å². The fourth-order valence-electron chi connectivity index (χ4n) is 2.56. The molecule has 2 aromatic carbocycles. The maximum atomic E-state index is 13.3. The van der Waals surface area contributed by atoms with Crippen molar-refractivity contribution in [2.24, 2.45) is 0 Å². The molecule has 0 aliphatic carbocycles. The first-order valence-electron chi connectivity index (χ1n) is 7.49. The second kappa shape index (κ2) is 6.20. The minimum atomic E-state index is -0.328. The summed E-state index contributed by atoms with van der Waals surface area (Å²) in [4.78, 5) is 19.7. The van der Waals surface area contributed by atoms with Crippen LogP contribution in [0.1, 0.15) is 22.5 Å². The van der Waals surface area contributed by atoms with Crippen molar-refractivity contribution in [2.75, 3.05) is 0 Å². The van der Waals surface area contributed by atoms with Crippen molar-refractivity contribution in [1.29, 1.82) is 0 Å². The second-order valence-electron chi connectivity index (χ2n) is 5.68. The summed E-state index contributed by atoms with van der Waals surface area (Å²) < 4.78 is 13.3. The normalized spacial score (nSPS) is 10.9. The van der Waals surface area contributed by atoms with Crippen LogP contribution in [0.3, 0.4) is 0 Å². The van der Waals surface area contributed by atoms with E-state index < -0.39 is 0 Å². The van der Waals surface area contributed by atoms with Gasteiger partial charge in [0.05, 0.1) is 24.0 Å². The lowest BCUT2D eigenvalue weighted by Crippen LogP contribution is -2.25. The molecule has 1 heterocycles. The number of carbonyl (C=O) groups is 1. The molecule has 3 aromatic rings. The number of amides is 1. The summed E-state index contributed by atoms with van der Waals surface area (Å²) in [5.41, 5.74) is 4.56. The summed E-state index contributed by atoms with van der Waals surface area (Å²) >= 11 is 0. The van der Waals surface area contributed by atoms with Gasteiger partial charge in [0, 0.05) is 0 Å². The molecule has 0 saturated carbocycles. The Bertz CT molecular complexity index is 870. The number of carbonyl (C=O) groups excluding carboxylic acids is 1. The molecule has 23 heavy (non-hydrogen) atoms. The number of nitrogens with one attached hydrogen (secondary N) is 2. The number of aromatic nitrogens is 2. The minimum absolute atomic E-state index is 0.156. The predicted molar refractivity (Wildman–Crippen MR) is 87.5 cm³/mol. The smallest absolute Gasteiger partial charge is 0.224 e. The molecule has 0 unspecified atom stereocenters. The van der Waals surface area contributed by atoms with E-state index in [4.69, 9.17) is 0 Å². The Morgan fingerprint density at radius 1 is 1.22 bits per heavy atom. The summed E-state index contributed by atoms with van der Waals surface area (Å²) in [6.07, 6.45) is 0.156. The number of benzene rings is 2. The van der Waals surface area contributed by atoms with Gasteiger partial charge in [0.15, 0.2) is 0 Å². The van der Waals surface area contributed by atoms with Crippen molar-refractivity contribution in [3.63, 3.8) is 0 Å². The molecule has 0 radical (unpaired) electrons. The molecule has 0 bridgehead atoms. The molecule has 0 fully saturated rings. The molecule has 3 rings (SSSR count). The van der Waals surface area contributed by atoms with Gasteiger partial charge in [-0.1, -0.05) is 18.2 Å². The summed E-state index contributed by atoms with van der Waals surface area (Å²) in [6, 6.07) is 10.4. The van der Waals surface area contributed by atoms with E-state index in [1.807, 2.05) is 32.0 Å². The molecular weight excluding hydrogens is 293 g/mol. The van der Waals surface area contributed by atoms with E-state index >= 15 is 0 Å². The van der Waals surface area contributed by atoms with Crippen molar-refractivity contribution in [3.8, 4) is 0 Å². The average molecular weight is 311 g/mol. The number of hydrogen-bond donors (Lipinski definition) is 2. The number of para-hydroxylation sites is 1. The van der Waals surface area contributed by atoms with E-state index in [0.29, 0.717) is 17.9 Å². The van der Waals surface area contributed by atoms with Crippen molar-refractivity contribution < 1.29 is 9.18 Å². The standard InChI is InChI=1S/C18H18FN3O/c1-11-6-7-14(19)8-13(11)9-17(23)20-10-16-21-15-5-3-4-12(2)18(15)22-16/h3-8H,9-10H2,1-2H3,(H,20,23)(H,21,22). The molecule has 0 saturated heterocycles. The Morgan fingerprint density at radius 2 is 2.04 bits per heavy atom. The number of imidazole rings is 1. The first-order chi connectivity index (χ1) is 11.0. The Balaban J connectivity index is 1.66. The summed E-state index contributed by atoms with van der Waals surface area (Å²) in [7, 11) is 0. The van der Waals surface area contributed by atoms with Gasteiger partial charge in [-0.25, -0.2) is 9.37 Å². The lowest BCUT2D eigenvalue weighted by Gasteiger charge is -2.06. The highest BCUT2D eigenvalue weighted by Gasteiger charge is 2.09. The average Bonchev–Trinajstić information content (AvgIpc) is 2.94. The van der Waals surface area contributed by atoms with E-state index in [2.05, 4.69) is 15.3 Å². The minimum Gasteiger partial charge on any atom is -0.349 e. The van der Waals surface area contributed by atoms with Crippen LogP contribution >= 0.6 is 0 Å². The van der Waals surface area contributed by atoms with E-state index in [0.717, 1.165) is 22.2 Å². The zero-order valence-electron chi connectivity index (χ0n) is 13.1. The first kappa shape index (κ1) is 15.2. The van der Waals surface area contributed by atoms with Crippen LogP contribution in [-0.2, 0) is 17.8 Å². The Kier molecular flexibility index (Phi) is 4.10. The highest BCUT2D eigenvalue weighted by Crippen LogP contribution is 2.15. The molecule has 118 valence electrons. The van der Waals surface area contributed by atoms with Gasteiger partial charge in [-0.2, -0.15) is 0 Å². The van der Waals surface area contributed by atoms with Crippen molar-refractivity contribution >= 4 is 16.9 Å². The van der Waals surface area contributed by atoms with Gasteiger partial charge in [0.1, 0.15) is 11.6 Å². The third kappa shape index (κ3) is 3.39. The molecule has 1 amide bonds. The van der Waals surface area contributed by atoms with Crippen LogP contribution in [0.2, 0.25) is 0 Å². The molecule has 2 N–H and O–H groups in total. The number of fused-ring (bicyclic) bond motifs is 1. The molecule has 0 atom stereocenters. The Morgan fingerprint density at radius 3 is 2.83 bits per heavy atom. The van der Waals surface area contributed by atoms with E-state index in [-0.39, 0.29) is 18.1 Å². The van der Waals surface area contributed by atoms with Gasteiger partial charge in [-0.05, 0) is 48.7 Å². The fourth-order valence-corrected chi connectivity index (χ4v) is 2.56.